The van der Waals surface area contributed by atoms with E-state index in [9.17, 15) is 14.0 Å². The van der Waals surface area contributed by atoms with Gasteiger partial charge < -0.3 is 20.7 Å². The third kappa shape index (κ3) is 6.59. The van der Waals surface area contributed by atoms with Gasteiger partial charge in [0.2, 0.25) is 5.91 Å². The van der Waals surface area contributed by atoms with Crippen molar-refractivity contribution in [2.45, 2.75) is 45.9 Å². The second-order valence-corrected chi connectivity index (χ2v) is 11.2. The largest absolute Gasteiger partial charge is 0.354 e. The molecule has 1 aliphatic rings. The molecule has 2 amide bonds. The number of hydrogen-bond acceptors (Lipinski definition) is 4. The van der Waals surface area contributed by atoms with Crippen molar-refractivity contribution in [3.63, 3.8) is 0 Å². The summed E-state index contributed by atoms with van der Waals surface area (Å²) in [6.07, 6.45) is -1.76. The fraction of sp³-hybridized carbons (Fsp3) is 0.333. The van der Waals surface area contributed by atoms with Crippen LogP contribution in [-0.2, 0) is 27.3 Å². The zero-order chi connectivity index (χ0) is 27.4. The molecule has 6 nitrogen and oxygen atoms in total. The molecule has 1 heterocycles. The summed E-state index contributed by atoms with van der Waals surface area (Å²) in [5.41, 5.74) is 9.17. The average Bonchev–Trinajstić information content (AvgIpc) is 2.98. The average molecular weight is 538 g/mol. The van der Waals surface area contributed by atoms with Crippen LogP contribution in [0.3, 0.4) is 0 Å². The number of carbonyl (C=O) groups excluding carboxylic acids is 2. The van der Waals surface area contributed by atoms with Crippen LogP contribution >= 0.6 is 11.6 Å². The minimum Gasteiger partial charge on any atom is -0.354 e. The van der Waals surface area contributed by atoms with Crippen molar-refractivity contribution in [2.24, 2.45) is 11.1 Å². The summed E-state index contributed by atoms with van der Waals surface area (Å²) in [7, 11) is 0. The molecule has 4 rings (SSSR count). The van der Waals surface area contributed by atoms with Gasteiger partial charge in [-0.1, -0.05) is 74.8 Å². The summed E-state index contributed by atoms with van der Waals surface area (Å²) in [4.78, 5) is 28.4. The lowest BCUT2D eigenvalue weighted by molar-refractivity contribution is -0.132. The van der Waals surface area contributed by atoms with Gasteiger partial charge in [0.1, 0.15) is 11.9 Å². The number of anilines is 1. The number of ether oxygens (including phenoxy) is 1. The smallest absolute Gasteiger partial charge is 0.258 e. The fourth-order valence-electron chi connectivity index (χ4n) is 4.57. The highest BCUT2D eigenvalue weighted by Crippen LogP contribution is 2.40. The Morgan fingerprint density at radius 1 is 1.11 bits per heavy atom. The topological polar surface area (TPSA) is 84.7 Å². The number of fused-ring (bicyclic) bond motifs is 1. The maximum atomic E-state index is 14.1. The van der Waals surface area contributed by atoms with E-state index in [0.29, 0.717) is 23.8 Å². The molecule has 0 aliphatic carbocycles. The highest BCUT2D eigenvalue weighted by Gasteiger charge is 2.38. The minimum atomic E-state index is -0.986. The molecule has 0 radical (unpaired) electrons. The monoisotopic (exact) mass is 537 g/mol. The molecule has 0 spiro atoms. The number of rotatable bonds is 7. The molecule has 8 heteroatoms. The van der Waals surface area contributed by atoms with E-state index in [-0.39, 0.29) is 29.9 Å². The van der Waals surface area contributed by atoms with Gasteiger partial charge >= 0.3 is 0 Å². The van der Waals surface area contributed by atoms with Crippen molar-refractivity contribution < 1.29 is 18.7 Å². The number of benzene rings is 3. The van der Waals surface area contributed by atoms with Crippen molar-refractivity contribution in [3.8, 4) is 0 Å². The van der Waals surface area contributed by atoms with E-state index in [1.165, 1.54) is 6.07 Å². The molecule has 0 fully saturated rings. The normalized spacial score (nSPS) is 17.6. The molecule has 0 saturated carbocycles. The van der Waals surface area contributed by atoms with Crippen LogP contribution in [0.1, 0.15) is 49.1 Å². The highest BCUT2D eigenvalue weighted by molar-refractivity contribution is 6.30. The molecule has 0 bridgehead atoms. The lowest BCUT2D eigenvalue weighted by Crippen LogP contribution is -2.48. The second kappa shape index (κ2) is 11.6. The van der Waals surface area contributed by atoms with Crippen LogP contribution in [0.5, 0.6) is 0 Å². The van der Waals surface area contributed by atoms with Gasteiger partial charge in [0.15, 0.2) is 6.10 Å². The molecule has 0 saturated heterocycles. The predicted molar refractivity (Wildman–Crippen MR) is 147 cm³/mol. The molecule has 3 aromatic rings. The Kier molecular flexibility index (Phi) is 8.51. The van der Waals surface area contributed by atoms with Gasteiger partial charge in [-0.05, 0) is 46.4 Å². The van der Waals surface area contributed by atoms with Gasteiger partial charge in [-0.15, -0.1) is 0 Å². The summed E-state index contributed by atoms with van der Waals surface area (Å²) in [6.45, 7) is 6.87. The van der Waals surface area contributed by atoms with Crippen molar-refractivity contribution >= 4 is 29.1 Å². The molecular weight excluding hydrogens is 505 g/mol. The predicted octanol–water partition coefficient (Wildman–Crippen LogP) is 5.16. The van der Waals surface area contributed by atoms with Crippen molar-refractivity contribution in [1.29, 1.82) is 0 Å². The summed E-state index contributed by atoms with van der Waals surface area (Å²) >= 11 is 6.42. The van der Waals surface area contributed by atoms with Crippen molar-refractivity contribution in [3.05, 3.63) is 99.8 Å². The number of carbonyl (C=O) groups is 2. The van der Waals surface area contributed by atoms with Crippen LogP contribution in [-0.4, -0.2) is 31.0 Å². The van der Waals surface area contributed by atoms with Crippen LogP contribution in [0.15, 0.2) is 66.7 Å². The number of halogens is 2. The SMILES string of the molecule is CC(C)(C)CN1C(=O)C(CNC(=O)Cc2ccccc2F)OC(c2cccc(CN)c2)c2cc(Cl)ccc21. The van der Waals surface area contributed by atoms with Crippen LogP contribution in [0, 0.1) is 11.2 Å². The van der Waals surface area contributed by atoms with Crippen LogP contribution in [0.25, 0.3) is 0 Å². The van der Waals surface area contributed by atoms with E-state index in [1.54, 1.807) is 29.2 Å². The van der Waals surface area contributed by atoms with E-state index in [4.69, 9.17) is 22.1 Å². The minimum absolute atomic E-state index is 0.0679. The molecule has 2 unspecified atom stereocenters. The Labute approximate surface area is 227 Å². The lowest BCUT2D eigenvalue weighted by Gasteiger charge is -2.31. The first-order chi connectivity index (χ1) is 18.1. The summed E-state index contributed by atoms with van der Waals surface area (Å²) < 4.78 is 20.5. The maximum absolute atomic E-state index is 14.1. The van der Waals surface area contributed by atoms with Crippen LogP contribution in [0.2, 0.25) is 5.02 Å². The zero-order valence-electron chi connectivity index (χ0n) is 21.8. The summed E-state index contributed by atoms with van der Waals surface area (Å²) in [6, 6.07) is 19.2. The number of nitrogens with one attached hydrogen (secondary N) is 1. The third-order valence-corrected chi connectivity index (χ3v) is 6.56. The summed E-state index contributed by atoms with van der Waals surface area (Å²) in [5.74, 6) is -1.12. The van der Waals surface area contributed by atoms with E-state index < -0.39 is 23.9 Å². The number of amides is 2. The van der Waals surface area contributed by atoms with E-state index >= 15 is 0 Å². The molecule has 1 aliphatic heterocycles. The highest BCUT2D eigenvalue weighted by atomic mass is 35.5. The Bertz CT molecular complexity index is 1320. The first-order valence-electron chi connectivity index (χ1n) is 12.6. The lowest BCUT2D eigenvalue weighted by atomic mass is 9.94. The van der Waals surface area contributed by atoms with Gasteiger partial charge in [0, 0.05) is 29.4 Å². The summed E-state index contributed by atoms with van der Waals surface area (Å²) in [5, 5.41) is 3.30. The molecule has 3 aromatic carbocycles. The van der Waals surface area contributed by atoms with Crippen LogP contribution in [0.4, 0.5) is 10.1 Å². The molecular formula is C30H33ClFN3O3. The molecule has 3 N–H and O–H groups in total. The molecule has 38 heavy (non-hydrogen) atoms. The Morgan fingerprint density at radius 2 is 1.87 bits per heavy atom. The number of nitrogens with two attached hydrogens (primary N) is 1. The van der Waals surface area contributed by atoms with E-state index in [0.717, 1.165) is 16.7 Å². The Hall–Kier alpha value is -3.26. The van der Waals surface area contributed by atoms with Gasteiger partial charge in [0.25, 0.3) is 5.91 Å². The molecule has 200 valence electrons. The number of hydrogen-bond donors (Lipinski definition) is 2. The first-order valence-corrected chi connectivity index (χ1v) is 13.0. The quantitative estimate of drug-likeness (QED) is 0.436. The zero-order valence-corrected chi connectivity index (χ0v) is 22.6. The first kappa shape index (κ1) is 27.8. The van der Waals surface area contributed by atoms with Gasteiger partial charge in [0.05, 0.1) is 13.0 Å². The maximum Gasteiger partial charge on any atom is 0.258 e. The Balaban J connectivity index is 1.69. The standard InChI is InChI=1S/C30H33ClFN3O3/c1-30(2,3)18-35-25-12-11-22(31)15-23(25)28(21-9-6-7-19(13-21)16-33)38-26(29(35)37)17-34-27(36)14-20-8-4-5-10-24(20)32/h4-13,15,26,28H,14,16-18,33H2,1-3H3,(H,34,36). The molecule has 2 atom stereocenters. The van der Waals surface area contributed by atoms with E-state index in [1.807, 2.05) is 36.4 Å². The molecule has 0 aromatic heterocycles. The van der Waals surface area contributed by atoms with Crippen molar-refractivity contribution in [1.82, 2.24) is 5.32 Å². The third-order valence-electron chi connectivity index (χ3n) is 6.32. The van der Waals surface area contributed by atoms with Gasteiger partial charge in [-0.3, -0.25) is 9.59 Å². The van der Waals surface area contributed by atoms with Crippen molar-refractivity contribution in [2.75, 3.05) is 18.0 Å². The second-order valence-electron chi connectivity index (χ2n) is 10.7. The fourth-order valence-corrected chi connectivity index (χ4v) is 4.75. The van der Waals surface area contributed by atoms with Crippen LogP contribution < -0.4 is 16.0 Å². The van der Waals surface area contributed by atoms with Gasteiger partial charge in [-0.25, -0.2) is 4.39 Å². The number of nitrogens with zero attached hydrogens (tertiary/aromatic N) is 1. The van der Waals surface area contributed by atoms with E-state index in [2.05, 4.69) is 26.1 Å². The Morgan fingerprint density at radius 3 is 2.58 bits per heavy atom. The van der Waals surface area contributed by atoms with Gasteiger partial charge in [-0.2, -0.15) is 0 Å².